The Morgan fingerprint density at radius 2 is 2.12 bits per heavy atom. The minimum Gasteiger partial charge on any atom is -0.497 e. The van der Waals surface area contributed by atoms with Crippen LogP contribution in [-0.4, -0.2) is 41.3 Å². The largest absolute Gasteiger partial charge is 0.497 e. The fourth-order valence-electron chi connectivity index (χ4n) is 3.64. The molecule has 126 valence electrons. The Balaban J connectivity index is 1.67. The van der Waals surface area contributed by atoms with E-state index in [0.717, 1.165) is 35.3 Å². The van der Waals surface area contributed by atoms with Crippen molar-refractivity contribution in [3.63, 3.8) is 0 Å². The maximum absolute atomic E-state index is 12.8. The summed E-state index contributed by atoms with van der Waals surface area (Å²) < 4.78 is 7.01. The van der Waals surface area contributed by atoms with Gasteiger partial charge in [-0.3, -0.25) is 9.36 Å². The highest BCUT2D eigenvalue weighted by Gasteiger charge is 2.15. The molecule has 1 saturated heterocycles. The number of nitrogens with zero attached hydrogens (tertiary/aromatic N) is 2. The van der Waals surface area contributed by atoms with Crippen LogP contribution in [0.2, 0.25) is 0 Å². The van der Waals surface area contributed by atoms with Crippen LogP contribution in [0.1, 0.15) is 19.3 Å². The molecule has 4 rings (SSSR count). The number of aromatic nitrogens is 3. The zero-order valence-corrected chi connectivity index (χ0v) is 14.0. The number of nitrogens with one attached hydrogen (secondary N) is 2. The van der Waals surface area contributed by atoms with E-state index in [2.05, 4.69) is 9.97 Å². The lowest BCUT2D eigenvalue weighted by Crippen LogP contribution is -3.13. The van der Waals surface area contributed by atoms with Crippen LogP contribution in [-0.2, 0) is 6.54 Å². The van der Waals surface area contributed by atoms with Gasteiger partial charge in [0.1, 0.15) is 16.8 Å². The standard InChI is InChI=1S/C18H22N4O2/c1-24-13-5-6-15-14(11-13)16-17(20-15)18(23)22(12-19-16)10-9-21-7-3-2-4-8-21/h5-6,11-12,20H,2-4,7-10H2,1H3/p+1. The Morgan fingerprint density at radius 3 is 2.92 bits per heavy atom. The van der Waals surface area contributed by atoms with Gasteiger partial charge in [-0.25, -0.2) is 4.98 Å². The third-order valence-electron chi connectivity index (χ3n) is 5.05. The molecule has 0 saturated carbocycles. The van der Waals surface area contributed by atoms with Gasteiger partial charge in [-0.15, -0.1) is 0 Å². The Hall–Kier alpha value is -2.34. The van der Waals surface area contributed by atoms with Crippen molar-refractivity contribution in [3.8, 4) is 5.75 Å². The summed E-state index contributed by atoms with van der Waals surface area (Å²) in [6.07, 6.45) is 5.62. The minimum absolute atomic E-state index is 0.00609. The van der Waals surface area contributed by atoms with Crippen molar-refractivity contribution in [1.29, 1.82) is 0 Å². The van der Waals surface area contributed by atoms with Gasteiger partial charge in [0.15, 0.2) is 0 Å². The summed E-state index contributed by atoms with van der Waals surface area (Å²) in [6, 6.07) is 5.73. The lowest BCUT2D eigenvalue weighted by atomic mass is 10.1. The van der Waals surface area contributed by atoms with E-state index in [0.29, 0.717) is 5.52 Å². The van der Waals surface area contributed by atoms with Crippen molar-refractivity contribution < 1.29 is 9.64 Å². The van der Waals surface area contributed by atoms with E-state index in [1.54, 1.807) is 22.9 Å². The maximum Gasteiger partial charge on any atom is 0.277 e. The Labute approximate surface area is 140 Å². The lowest BCUT2D eigenvalue weighted by molar-refractivity contribution is -0.905. The van der Waals surface area contributed by atoms with Gasteiger partial charge in [0, 0.05) is 10.9 Å². The number of H-pyrrole nitrogens is 1. The van der Waals surface area contributed by atoms with Crippen LogP contribution in [0, 0.1) is 0 Å². The lowest BCUT2D eigenvalue weighted by Gasteiger charge is -2.23. The van der Waals surface area contributed by atoms with E-state index >= 15 is 0 Å². The number of fused-ring (bicyclic) bond motifs is 3. The summed E-state index contributed by atoms with van der Waals surface area (Å²) >= 11 is 0. The van der Waals surface area contributed by atoms with Gasteiger partial charge >= 0.3 is 0 Å². The van der Waals surface area contributed by atoms with Gasteiger partial charge in [-0.1, -0.05) is 0 Å². The van der Waals surface area contributed by atoms with Gasteiger partial charge in [-0.2, -0.15) is 0 Å². The number of benzene rings is 1. The molecule has 1 aromatic carbocycles. The first-order valence-corrected chi connectivity index (χ1v) is 8.65. The molecular weight excluding hydrogens is 304 g/mol. The predicted octanol–water partition coefficient (Wildman–Crippen LogP) is 0.955. The number of hydrogen-bond acceptors (Lipinski definition) is 3. The number of rotatable bonds is 4. The van der Waals surface area contributed by atoms with Crippen LogP contribution in [0.3, 0.4) is 0 Å². The molecule has 6 nitrogen and oxygen atoms in total. The van der Waals surface area contributed by atoms with E-state index in [9.17, 15) is 4.79 Å². The topological polar surface area (TPSA) is 64.3 Å². The number of likely N-dealkylation sites (tertiary alicyclic amines) is 1. The molecule has 0 amide bonds. The molecule has 1 aliphatic rings. The summed E-state index contributed by atoms with van der Waals surface area (Å²) in [5.74, 6) is 0.767. The normalized spacial score (nSPS) is 16.0. The van der Waals surface area contributed by atoms with Gasteiger partial charge in [-0.05, 0) is 37.5 Å². The van der Waals surface area contributed by atoms with Crippen LogP contribution >= 0.6 is 0 Å². The zero-order chi connectivity index (χ0) is 16.5. The first kappa shape index (κ1) is 15.2. The second-order valence-electron chi connectivity index (χ2n) is 6.56. The number of methoxy groups -OCH3 is 1. The molecule has 0 radical (unpaired) electrons. The summed E-state index contributed by atoms with van der Waals surface area (Å²) in [4.78, 5) is 22.1. The average molecular weight is 327 g/mol. The highest BCUT2D eigenvalue weighted by molar-refractivity contribution is 6.04. The molecule has 2 N–H and O–H groups in total. The molecule has 0 spiro atoms. The van der Waals surface area contributed by atoms with Crippen LogP contribution in [0.5, 0.6) is 5.75 Å². The van der Waals surface area contributed by atoms with E-state index in [-0.39, 0.29) is 5.56 Å². The third-order valence-corrected chi connectivity index (χ3v) is 5.05. The predicted molar refractivity (Wildman–Crippen MR) is 93.8 cm³/mol. The first-order valence-electron chi connectivity index (χ1n) is 8.65. The van der Waals surface area contributed by atoms with Gasteiger partial charge in [0.05, 0.1) is 39.6 Å². The monoisotopic (exact) mass is 327 g/mol. The Kier molecular flexibility index (Phi) is 3.98. The molecule has 0 unspecified atom stereocenters. The van der Waals surface area contributed by atoms with Crippen molar-refractivity contribution in [2.75, 3.05) is 26.7 Å². The minimum atomic E-state index is 0.00609. The van der Waals surface area contributed by atoms with E-state index in [1.165, 1.54) is 32.4 Å². The molecular formula is C18H23N4O2+. The van der Waals surface area contributed by atoms with Crippen molar-refractivity contribution >= 4 is 21.9 Å². The fraction of sp³-hybridized carbons (Fsp3) is 0.444. The SMILES string of the molecule is COc1ccc2[nH]c3c(=O)n(CC[NH+]4CCCCC4)cnc3c2c1. The van der Waals surface area contributed by atoms with Crippen LogP contribution in [0.25, 0.3) is 21.9 Å². The maximum atomic E-state index is 12.8. The highest BCUT2D eigenvalue weighted by Crippen LogP contribution is 2.25. The molecule has 24 heavy (non-hydrogen) atoms. The molecule has 0 bridgehead atoms. The molecule has 0 atom stereocenters. The van der Waals surface area contributed by atoms with Crippen molar-refractivity contribution in [1.82, 2.24) is 14.5 Å². The number of aromatic amines is 1. The summed E-state index contributed by atoms with van der Waals surface area (Å²) in [7, 11) is 1.64. The second kappa shape index (κ2) is 6.28. The second-order valence-corrected chi connectivity index (χ2v) is 6.56. The molecule has 1 aliphatic heterocycles. The highest BCUT2D eigenvalue weighted by atomic mass is 16.5. The number of piperidine rings is 1. The molecule has 6 heteroatoms. The average Bonchev–Trinajstić information content (AvgIpc) is 3.00. The van der Waals surface area contributed by atoms with Crippen LogP contribution in [0.4, 0.5) is 0 Å². The zero-order valence-electron chi connectivity index (χ0n) is 14.0. The van der Waals surface area contributed by atoms with E-state index in [1.807, 2.05) is 18.2 Å². The van der Waals surface area contributed by atoms with Crippen molar-refractivity contribution in [2.45, 2.75) is 25.8 Å². The molecule has 3 heterocycles. The summed E-state index contributed by atoms with van der Waals surface area (Å²) in [5.41, 5.74) is 2.21. The third kappa shape index (κ3) is 2.67. The van der Waals surface area contributed by atoms with Gasteiger partial charge in [0.2, 0.25) is 0 Å². The number of quaternary nitrogens is 1. The van der Waals surface area contributed by atoms with Crippen LogP contribution < -0.4 is 15.2 Å². The fourth-order valence-corrected chi connectivity index (χ4v) is 3.64. The van der Waals surface area contributed by atoms with E-state index in [4.69, 9.17) is 4.74 Å². The summed E-state index contributed by atoms with van der Waals surface area (Å²) in [6.45, 7) is 4.14. The number of ether oxygens (including phenoxy) is 1. The van der Waals surface area contributed by atoms with Crippen molar-refractivity contribution in [3.05, 3.63) is 34.9 Å². The van der Waals surface area contributed by atoms with Crippen LogP contribution in [0.15, 0.2) is 29.3 Å². The summed E-state index contributed by atoms with van der Waals surface area (Å²) in [5, 5.41) is 0.926. The molecule has 3 aromatic rings. The quantitative estimate of drug-likeness (QED) is 0.750. The van der Waals surface area contributed by atoms with Crippen molar-refractivity contribution in [2.24, 2.45) is 0 Å². The van der Waals surface area contributed by atoms with Gasteiger partial charge < -0.3 is 14.6 Å². The molecule has 2 aromatic heterocycles. The van der Waals surface area contributed by atoms with E-state index < -0.39 is 0 Å². The van der Waals surface area contributed by atoms with Gasteiger partial charge in [0.25, 0.3) is 5.56 Å². The molecule has 1 fully saturated rings. The Bertz CT molecular complexity index is 922. The smallest absolute Gasteiger partial charge is 0.277 e. The number of hydrogen-bond donors (Lipinski definition) is 2. The Morgan fingerprint density at radius 1 is 1.29 bits per heavy atom. The molecule has 0 aliphatic carbocycles. The first-order chi connectivity index (χ1) is 11.8.